The van der Waals surface area contributed by atoms with E-state index in [1.54, 1.807) is 11.3 Å². The van der Waals surface area contributed by atoms with Crippen molar-refractivity contribution in [2.75, 3.05) is 0 Å². The Labute approximate surface area is 94.5 Å². The maximum Gasteiger partial charge on any atom is 0.0927 e. The van der Waals surface area contributed by atoms with Crippen LogP contribution in [-0.2, 0) is 6.42 Å². The number of thiazole rings is 1. The topological polar surface area (TPSA) is 12.9 Å². The molecule has 1 aromatic heterocycles. The van der Waals surface area contributed by atoms with E-state index in [9.17, 15) is 0 Å². The Morgan fingerprint density at radius 1 is 1.43 bits per heavy atom. The van der Waals surface area contributed by atoms with E-state index >= 15 is 0 Å². The van der Waals surface area contributed by atoms with Crippen molar-refractivity contribution in [2.45, 2.75) is 43.9 Å². The van der Waals surface area contributed by atoms with Gasteiger partial charge in [-0.2, -0.15) is 0 Å². The van der Waals surface area contributed by atoms with Crippen LogP contribution < -0.4 is 0 Å². The van der Waals surface area contributed by atoms with Gasteiger partial charge >= 0.3 is 0 Å². The van der Waals surface area contributed by atoms with Gasteiger partial charge in [0.2, 0.25) is 0 Å². The zero-order chi connectivity index (χ0) is 9.80. The number of nitrogens with zero attached hydrogens (tertiary/aromatic N) is 1. The van der Waals surface area contributed by atoms with Gasteiger partial charge in [0.15, 0.2) is 0 Å². The van der Waals surface area contributed by atoms with Crippen molar-refractivity contribution in [3.05, 3.63) is 16.6 Å². The summed E-state index contributed by atoms with van der Waals surface area (Å²) < 4.78 is 0. The Hall–Kier alpha value is -0.0800. The molecule has 2 rings (SSSR count). The van der Waals surface area contributed by atoms with Gasteiger partial charge in [0.25, 0.3) is 0 Å². The number of aromatic nitrogens is 1. The van der Waals surface area contributed by atoms with E-state index in [2.05, 4.69) is 10.4 Å². The van der Waals surface area contributed by atoms with Crippen LogP contribution in [-0.4, -0.2) is 10.4 Å². The molecule has 0 aromatic carbocycles. The van der Waals surface area contributed by atoms with E-state index in [-0.39, 0.29) is 0 Å². The van der Waals surface area contributed by atoms with E-state index < -0.39 is 0 Å². The van der Waals surface area contributed by atoms with E-state index in [1.807, 2.05) is 6.20 Å². The molecule has 0 amide bonds. The number of hydrogen-bond donors (Lipinski definition) is 0. The molecule has 0 spiro atoms. The molecule has 0 aliphatic heterocycles. The molecule has 0 N–H and O–H groups in total. The Kier molecular flexibility index (Phi) is 3.82. The van der Waals surface area contributed by atoms with Gasteiger partial charge in [-0.25, -0.2) is 4.98 Å². The quantitative estimate of drug-likeness (QED) is 0.554. The first-order valence-electron chi connectivity index (χ1n) is 5.37. The van der Waals surface area contributed by atoms with Crippen molar-refractivity contribution in [2.24, 2.45) is 5.92 Å². The monoisotopic (exact) mass is 229 g/mol. The first-order valence-corrected chi connectivity index (χ1v) is 6.68. The fraction of sp³-hybridized carbons (Fsp3) is 0.727. The number of halogens is 1. The standard InChI is InChI=1S/C11H16ClNS/c12-10-4-2-1-3-9(7-10)8-11-13-5-6-14-11/h5-6,9-10H,1-4,7-8H2. The van der Waals surface area contributed by atoms with Crippen molar-refractivity contribution < 1.29 is 0 Å². The van der Waals surface area contributed by atoms with E-state index in [4.69, 9.17) is 11.6 Å². The molecule has 78 valence electrons. The normalized spacial score (nSPS) is 28.6. The summed E-state index contributed by atoms with van der Waals surface area (Å²) in [6, 6.07) is 0. The lowest BCUT2D eigenvalue weighted by atomic mass is 9.97. The van der Waals surface area contributed by atoms with Crippen LogP contribution in [0, 0.1) is 5.92 Å². The smallest absolute Gasteiger partial charge is 0.0927 e. The van der Waals surface area contributed by atoms with Crippen LogP contribution in [0.25, 0.3) is 0 Å². The maximum absolute atomic E-state index is 6.24. The lowest BCUT2D eigenvalue weighted by molar-refractivity contribution is 0.459. The predicted molar refractivity (Wildman–Crippen MR) is 62.0 cm³/mol. The van der Waals surface area contributed by atoms with Gasteiger partial charge in [-0.1, -0.05) is 12.8 Å². The molecule has 1 aromatic rings. The Morgan fingerprint density at radius 2 is 2.29 bits per heavy atom. The fourth-order valence-electron chi connectivity index (χ4n) is 2.18. The average Bonchev–Trinajstić information content (AvgIpc) is 2.56. The Balaban J connectivity index is 1.90. The second kappa shape index (κ2) is 5.13. The SMILES string of the molecule is ClC1CCCCC(Cc2nccs2)C1. The van der Waals surface area contributed by atoms with Crippen LogP contribution in [0.3, 0.4) is 0 Å². The van der Waals surface area contributed by atoms with Crippen molar-refractivity contribution in [3.8, 4) is 0 Å². The lowest BCUT2D eigenvalue weighted by Gasteiger charge is -2.13. The van der Waals surface area contributed by atoms with E-state index in [0.717, 1.165) is 12.3 Å². The predicted octanol–water partition coefficient (Wildman–Crippen LogP) is 3.87. The Bertz CT molecular complexity index is 260. The number of rotatable bonds is 2. The first-order chi connectivity index (χ1) is 6.84. The second-order valence-electron chi connectivity index (χ2n) is 4.11. The number of hydrogen-bond acceptors (Lipinski definition) is 2. The third-order valence-electron chi connectivity index (χ3n) is 2.92. The molecule has 0 bridgehead atoms. The summed E-state index contributed by atoms with van der Waals surface area (Å²) in [6.07, 6.45) is 9.41. The molecule has 0 saturated heterocycles. The highest BCUT2D eigenvalue weighted by molar-refractivity contribution is 7.09. The fourth-order valence-corrected chi connectivity index (χ4v) is 3.32. The first kappa shape index (κ1) is 10.4. The van der Waals surface area contributed by atoms with Crippen LogP contribution in [0.1, 0.15) is 37.1 Å². The van der Waals surface area contributed by atoms with E-state index in [0.29, 0.717) is 5.38 Å². The van der Waals surface area contributed by atoms with Crippen LogP contribution >= 0.6 is 22.9 Å². The highest BCUT2D eigenvalue weighted by Crippen LogP contribution is 2.29. The minimum atomic E-state index is 0.405. The highest BCUT2D eigenvalue weighted by Gasteiger charge is 2.19. The lowest BCUT2D eigenvalue weighted by Crippen LogP contribution is -2.08. The van der Waals surface area contributed by atoms with Crippen LogP contribution in [0.4, 0.5) is 0 Å². The molecule has 1 fully saturated rings. The van der Waals surface area contributed by atoms with Crippen molar-refractivity contribution in [3.63, 3.8) is 0 Å². The van der Waals surface area contributed by atoms with Gasteiger partial charge in [-0.3, -0.25) is 0 Å². The highest BCUT2D eigenvalue weighted by atomic mass is 35.5. The number of alkyl halides is 1. The average molecular weight is 230 g/mol. The summed E-state index contributed by atoms with van der Waals surface area (Å²) in [4.78, 5) is 4.34. The molecule has 1 aliphatic carbocycles. The van der Waals surface area contributed by atoms with Crippen LogP contribution in [0.15, 0.2) is 11.6 Å². The molecule has 0 radical (unpaired) electrons. The molecular weight excluding hydrogens is 214 g/mol. The summed E-state index contributed by atoms with van der Waals surface area (Å²) in [5.41, 5.74) is 0. The summed E-state index contributed by atoms with van der Waals surface area (Å²) in [5, 5.41) is 3.74. The third-order valence-corrected chi connectivity index (χ3v) is 4.11. The van der Waals surface area contributed by atoms with Gasteiger partial charge in [0.05, 0.1) is 5.01 Å². The van der Waals surface area contributed by atoms with Crippen LogP contribution in [0.5, 0.6) is 0 Å². The third kappa shape index (κ3) is 2.96. The van der Waals surface area contributed by atoms with Gasteiger partial charge in [0, 0.05) is 23.4 Å². The molecule has 3 heteroatoms. The minimum absolute atomic E-state index is 0.405. The minimum Gasteiger partial charge on any atom is -0.250 e. The Morgan fingerprint density at radius 3 is 3.07 bits per heavy atom. The molecule has 1 heterocycles. The zero-order valence-electron chi connectivity index (χ0n) is 8.29. The summed E-state index contributed by atoms with van der Waals surface area (Å²) in [5.74, 6) is 0.770. The molecule has 14 heavy (non-hydrogen) atoms. The molecule has 1 nitrogen and oxygen atoms in total. The van der Waals surface area contributed by atoms with E-state index in [1.165, 1.54) is 37.1 Å². The summed E-state index contributed by atoms with van der Waals surface area (Å²) >= 11 is 8.01. The van der Waals surface area contributed by atoms with Gasteiger partial charge in [-0.05, 0) is 25.2 Å². The summed E-state index contributed by atoms with van der Waals surface area (Å²) in [7, 11) is 0. The van der Waals surface area contributed by atoms with Crippen molar-refractivity contribution in [1.29, 1.82) is 0 Å². The second-order valence-corrected chi connectivity index (χ2v) is 5.71. The van der Waals surface area contributed by atoms with Gasteiger partial charge in [0.1, 0.15) is 0 Å². The molecule has 1 saturated carbocycles. The molecular formula is C11H16ClNS. The van der Waals surface area contributed by atoms with Crippen molar-refractivity contribution >= 4 is 22.9 Å². The molecule has 1 aliphatic rings. The summed E-state index contributed by atoms with van der Waals surface area (Å²) in [6.45, 7) is 0. The largest absolute Gasteiger partial charge is 0.250 e. The zero-order valence-corrected chi connectivity index (χ0v) is 9.86. The van der Waals surface area contributed by atoms with Crippen LogP contribution in [0.2, 0.25) is 0 Å². The van der Waals surface area contributed by atoms with Gasteiger partial charge < -0.3 is 0 Å². The van der Waals surface area contributed by atoms with Gasteiger partial charge in [-0.15, -0.1) is 22.9 Å². The molecule has 2 atom stereocenters. The molecule has 2 unspecified atom stereocenters. The van der Waals surface area contributed by atoms with Crippen molar-refractivity contribution in [1.82, 2.24) is 4.98 Å². The maximum atomic E-state index is 6.24.